The number of carbonyl (C=O) groups excluding carboxylic acids is 1. The van der Waals surface area contributed by atoms with E-state index >= 15 is 0 Å². The van der Waals surface area contributed by atoms with Crippen molar-refractivity contribution in [2.45, 2.75) is 12.5 Å². The summed E-state index contributed by atoms with van der Waals surface area (Å²) in [5.74, 6) is -1.05. The molecule has 1 amide bonds. The van der Waals surface area contributed by atoms with Crippen LogP contribution in [0.15, 0.2) is 24.3 Å². The average Bonchev–Trinajstić information content (AvgIpc) is 2.48. The Morgan fingerprint density at radius 2 is 2.10 bits per heavy atom. The third-order valence-corrected chi connectivity index (χ3v) is 3.13. The molecule has 0 spiro atoms. The quantitative estimate of drug-likeness (QED) is 0.707. The molecule has 1 saturated heterocycles. The summed E-state index contributed by atoms with van der Waals surface area (Å²) in [5.41, 5.74) is 1.25. The van der Waals surface area contributed by atoms with E-state index < -0.39 is 12.1 Å². The van der Waals surface area contributed by atoms with Crippen LogP contribution < -0.4 is 10.6 Å². The third-order valence-electron chi connectivity index (χ3n) is 3.13. The Kier molecular flexibility index (Phi) is 5.09. The van der Waals surface area contributed by atoms with Gasteiger partial charge in [-0.25, -0.2) is 4.79 Å². The van der Waals surface area contributed by atoms with Gasteiger partial charge in [-0.3, -0.25) is 4.79 Å². The van der Waals surface area contributed by atoms with E-state index in [1.54, 1.807) is 24.3 Å². The maximum Gasteiger partial charge on any atom is 0.335 e. The van der Waals surface area contributed by atoms with Gasteiger partial charge in [-0.2, -0.15) is 0 Å². The highest BCUT2D eigenvalue weighted by molar-refractivity contribution is 5.87. The van der Waals surface area contributed by atoms with Crippen molar-refractivity contribution in [1.29, 1.82) is 0 Å². The monoisotopic (exact) mass is 278 g/mol. The number of ether oxygens (including phenoxy) is 1. The van der Waals surface area contributed by atoms with E-state index in [1.165, 1.54) is 0 Å². The van der Waals surface area contributed by atoms with Gasteiger partial charge in [0.25, 0.3) is 0 Å². The predicted octanol–water partition coefficient (Wildman–Crippen LogP) is 0.0319. The second-order valence-corrected chi connectivity index (χ2v) is 4.61. The normalized spacial score (nSPS) is 18.5. The number of benzene rings is 1. The molecule has 0 bridgehead atoms. The standard InChI is InChI=1S/C14H18N2O4/c17-13(12-9-15-7-8-20-12)16-6-5-10-1-3-11(4-2-10)14(18)19/h1-4,12,15H,5-9H2,(H,16,17)(H,18,19). The summed E-state index contributed by atoms with van der Waals surface area (Å²) >= 11 is 0. The smallest absolute Gasteiger partial charge is 0.335 e. The van der Waals surface area contributed by atoms with Crippen molar-refractivity contribution in [3.8, 4) is 0 Å². The Morgan fingerprint density at radius 3 is 2.70 bits per heavy atom. The van der Waals surface area contributed by atoms with E-state index in [0.29, 0.717) is 26.1 Å². The van der Waals surface area contributed by atoms with Crippen LogP contribution in [0, 0.1) is 0 Å². The largest absolute Gasteiger partial charge is 0.478 e. The molecule has 0 saturated carbocycles. The summed E-state index contributed by atoms with van der Waals surface area (Å²) in [4.78, 5) is 22.5. The predicted molar refractivity (Wildman–Crippen MR) is 72.7 cm³/mol. The molecule has 0 aromatic heterocycles. The van der Waals surface area contributed by atoms with E-state index in [9.17, 15) is 9.59 Å². The van der Waals surface area contributed by atoms with Crippen molar-refractivity contribution >= 4 is 11.9 Å². The van der Waals surface area contributed by atoms with Crippen LogP contribution in [0.25, 0.3) is 0 Å². The van der Waals surface area contributed by atoms with Gasteiger partial charge in [0, 0.05) is 19.6 Å². The number of hydrogen-bond acceptors (Lipinski definition) is 4. The van der Waals surface area contributed by atoms with E-state index in [2.05, 4.69) is 10.6 Å². The topological polar surface area (TPSA) is 87.7 Å². The summed E-state index contributed by atoms with van der Waals surface area (Å²) in [5, 5.41) is 14.7. The zero-order valence-corrected chi connectivity index (χ0v) is 11.1. The SMILES string of the molecule is O=C(O)c1ccc(CCNC(=O)C2CNCCO2)cc1. The van der Waals surface area contributed by atoms with Crippen LogP contribution in [-0.4, -0.2) is 49.3 Å². The van der Waals surface area contributed by atoms with Gasteiger partial charge >= 0.3 is 5.97 Å². The number of nitrogens with one attached hydrogen (secondary N) is 2. The Balaban J connectivity index is 1.74. The van der Waals surface area contributed by atoms with E-state index in [-0.39, 0.29) is 11.5 Å². The van der Waals surface area contributed by atoms with Crippen molar-refractivity contribution in [1.82, 2.24) is 10.6 Å². The number of carbonyl (C=O) groups is 2. The first kappa shape index (κ1) is 14.5. The Morgan fingerprint density at radius 1 is 1.35 bits per heavy atom. The second kappa shape index (κ2) is 7.02. The van der Waals surface area contributed by atoms with E-state index in [0.717, 1.165) is 12.1 Å². The van der Waals surface area contributed by atoms with Crippen molar-refractivity contribution < 1.29 is 19.4 Å². The lowest BCUT2D eigenvalue weighted by atomic mass is 10.1. The highest BCUT2D eigenvalue weighted by Crippen LogP contribution is 2.05. The lowest BCUT2D eigenvalue weighted by Gasteiger charge is -2.22. The van der Waals surface area contributed by atoms with Crippen LogP contribution >= 0.6 is 0 Å². The van der Waals surface area contributed by atoms with Gasteiger partial charge in [-0.1, -0.05) is 12.1 Å². The molecule has 0 radical (unpaired) electrons. The van der Waals surface area contributed by atoms with Gasteiger partial charge in [0.15, 0.2) is 0 Å². The first-order valence-corrected chi connectivity index (χ1v) is 6.59. The highest BCUT2D eigenvalue weighted by atomic mass is 16.5. The van der Waals surface area contributed by atoms with Gasteiger partial charge in [0.1, 0.15) is 6.10 Å². The van der Waals surface area contributed by atoms with Crippen molar-refractivity contribution in [2.75, 3.05) is 26.2 Å². The maximum atomic E-state index is 11.8. The molecule has 1 aromatic rings. The zero-order valence-electron chi connectivity index (χ0n) is 11.1. The summed E-state index contributed by atoms with van der Waals surface area (Å²) in [6, 6.07) is 6.64. The molecule has 1 unspecified atom stereocenters. The molecular formula is C14H18N2O4. The average molecular weight is 278 g/mol. The lowest BCUT2D eigenvalue weighted by molar-refractivity contribution is -0.134. The minimum absolute atomic E-state index is 0.112. The molecule has 2 rings (SSSR count). The van der Waals surface area contributed by atoms with Gasteiger partial charge in [-0.15, -0.1) is 0 Å². The van der Waals surface area contributed by atoms with Gasteiger partial charge in [-0.05, 0) is 24.1 Å². The number of amides is 1. The molecule has 1 atom stereocenters. The lowest BCUT2D eigenvalue weighted by Crippen LogP contribution is -2.48. The van der Waals surface area contributed by atoms with Gasteiger partial charge < -0.3 is 20.5 Å². The number of carboxylic acid groups (broad SMARTS) is 1. The second-order valence-electron chi connectivity index (χ2n) is 4.61. The molecule has 108 valence electrons. The van der Waals surface area contributed by atoms with Crippen molar-refractivity contribution in [3.05, 3.63) is 35.4 Å². The molecule has 1 fully saturated rings. The van der Waals surface area contributed by atoms with Crippen LogP contribution in [-0.2, 0) is 16.0 Å². The summed E-state index contributed by atoms with van der Waals surface area (Å²) < 4.78 is 5.34. The maximum absolute atomic E-state index is 11.8. The summed E-state index contributed by atoms with van der Waals surface area (Å²) in [6.45, 7) is 2.37. The van der Waals surface area contributed by atoms with Gasteiger partial charge in [0.2, 0.25) is 5.91 Å². The molecule has 6 heteroatoms. The molecule has 1 heterocycles. The third kappa shape index (κ3) is 4.04. The molecule has 1 aromatic carbocycles. The Labute approximate surface area is 117 Å². The minimum Gasteiger partial charge on any atom is -0.478 e. The molecule has 6 nitrogen and oxygen atoms in total. The molecule has 1 aliphatic heterocycles. The van der Waals surface area contributed by atoms with Crippen molar-refractivity contribution in [3.63, 3.8) is 0 Å². The summed E-state index contributed by atoms with van der Waals surface area (Å²) in [6.07, 6.45) is 0.240. The van der Waals surface area contributed by atoms with Crippen LogP contribution in [0.5, 0.6) is 0 Å². The van der Waals surface area contributed by atoms with Gasteiger partial charge in [0.05, 0.1) is 12.2 Å². The fraction of sp³-hybridized carbons (Fsp3) is 0.429. The number of carboxylic acids is 1. The van der Waals surface area contributed by atoms with E-state index in [4.69, 9.17) is 9.84 Å². The number of aromatic carboxylic acids is 1. The number of rotatable bonds is 5. The number of morpholine rings is 1. The highest BCUT2D eigenvalue weighted by Gasteiger charge is 2.20. The molecule has 0 aliphatic carbocycles. The zero-order chi connectivity index (χ0) is 14.4. The fourth-order valence-electron chi connectivity index (χ4n) is 1.99. The van der Waals surface area contributed by atoms with Crippen LogP contribution in [0.1, 0.15) is 15.9 Å². The molecular weight excluding hydrogens is 260 g/mol. The van der Waals surface area contributed by atoms with Crippen molar-refractivity contribution in [2.24, 2.45) is 0 Å². The molecule has 1 aliphatic rings. The van der Waals surface area contributed by atoms with E-state index in [1.807, 2.05) is 0 Å². The molecule has 3 N–H and O–H groups in total. The first-order chi connectivity index (χ1) is 9.66. The minimum atomic E-state index is -0.938. The fourth-order valence-corrected chi connectivity index (χ4v) is 1.99. The Hall–Kier alpha value is -1.92. The Bertz CT molecular complexity index is 467. The first-order valence-electron chi connectivity index (χ1n) is 6.59. The van der Waals surface area contributed by atoms with Crippen LogP contribution in [0.3, 0.4) is 0 Å². The van der Waals surface area contributed by atoms with Crippen LogP contribution in [0.2, 0.25) is 0 Å². The summed E-state index contributed by atoms with van der Waals surface area (Å²) in [7, 11) is 0. The molecule has 20 heavy (non-hydrogen) atoms. The van der Waals surface area contributed by atoms with Crippen LogP contribution in [0.4, 0.5) is 0 Å². The number of hydrogen-bond donors (Lipinski definition) is 3.